The summed E-state index contributed by atoms with van der Waals surface area (Å²) in [4.78, 5) is 39.2. The van der Waals surface area contributed by atoms with Gasteiger partial charge in [-0.2, -0.15) is 0 Å². The molecule has 1 unspecified atom stereocenters. The highest BCUT2D eigenvalue weighted by molar-refractivity contribution is 7.17. The molecule has 2 aromatic heterocycles. The number of thiophene rings is 1. The van der Waals surface area contributed by atoms with Crippen LogP contribution in [0.1, 0.15) is 25.3 Å². The van der Waals surface area contributed by atoms with E-state index >= 15 is 0 Å². The zero-order valence-corrected chi connectivity index (χ0v) is 15.3. The number of H-pyrrole nitrogens is 1. The van der Waals surface area contributed by atoms with Crippen LogP contribution in [0.2, 0.25) is 0 Å². The van der Waals surface area contributed by atoms with E-state index in [9.17, 15) is 14.4 Å². The van der Waals surface area contributed by atoms with Crippen LogP contribution >= 0.6 is 11.3 Å². The van der Waals surface area contributed by atoms with Gasteiger partial charge in [0.2, 0.25) is 5.91 Å². The van der Waals surface area contributed by atoms with Gasteiger partial charge < -0.3 is 10.3 Å². The second-order valence-electron chi connectivity index (χ2n) is 6.29. The third-order valence-corrected chi connectivity index (χ3v) is 5.17. The van der Waals surface area contributed by atoms with E-state index < -0.39 is 5.69 Å². The fraction of sp³-hybridized carbons (Fsp3) is 0.316. The van der Waals surface area contributed by atoms with Crippen LogP contribution in [0.3, 0.4) is 0 Å². The van der Waals surface area contributed by atoms with Crippen molar-refractivity contribution in [2.75, 3.05) is 0 Å². The van der Waals surface area contributed by atoms with Crippen molar-refractivity contribution in [3.05, 3.63) is 68.2 Å². The number of fused-ring (bicyclic) bond motifs is 1. The molecule has 1 atom stereocenters. The van der Waals surface area contributed by atoms with E-state index in [1.165, 1.54) is 16.9 Å². The number of nitrogens with zero attached hydrogens (tertiary/aromatic N) is 1. The number of amides is 1. The Labute approximate surface area is 154 Å². The lowest BCUT2D eigenvalue weighted by molar-refractivity contribution is -0.121. The van der Waals surface area contributed by atoms with Gasteiger partial charge in [-0.25, -0.2) is 4.79 Å². The van der Waals surface area contributed by atoms with Crippen LogP contribution in [-0.2, 0) is 17.8 Å². The lowest BCUT2D eigenvalue weighted by Crippen LogP contribution is -2.38. The second-order valence-corrected chi connectivity index (χ2v) is 7.21. The lowest BCUT2D eigenvalue weighted by Gasteiger charge is -2.14. The molecule has 2 N–H and O–H groups in total. The fourth-order valence-electron chi connectivity index (χ4n) is 2.83. The SMILES string of the molecule is CC(CCc1ccccc1)NC(=O)CCn1c(=O)[nH]c2ccsc2c1=O. The molecular formula is C19H21N3O3S. The van der Waals surface area contributed by atoms with Crippen LogP contribution in [-0.4, -0.2) is 21.5 Å². The number of benzene rings is 1. The van der Waals surface area contributed by atoms with Crippen molar-refractivity contribution >= 4 is 27.5 Å². The van der Waals surface area contributed by atoms with Gasteiger partial charge in [0.05, 0.1) is 5.52 Å². The molecule has 0 aliphatic carbocycles. The predicted molar refractivity (Wildman–Crippen MR) is 104 cm³/mol. The Hall–Kier alpha value is -2.67. The predicted octanol–water partition coefficient (Wildman–Crippen LogP) is 2.28. The molecule has 3 rings (SSSR count). The molecule has 136 valence electrons. The van der Waals surface area contributed by atoms with Gasteiger partial charge in [0.25, 0.3) is 5.56 Å². The number of aromatic nitrogens is 2. The van der Waals surface area contributed by atoms with Crippen LogP contribution in [0.15, 0.2) is 51.4 Å². The first-order valence-electron chi connectivity index (χ1n) is 8.58. The van der Waals surface area contributed by atoms with Gasteiger partial charge in [0.15, 0.2) is 0 Å². The van der Waals surface area contributed by atoms with Crippen LogP contribution in [0.25, 0.3) is 10.2 Å². The van der Waals surface area contributed by atoms with E-state index in [0.29, 0.717) is 10.2 Å². The van der Waals surface area contributed by atoms with Gasteiger partial charge in [-0.05, 0) is 36.8 Å². The second kappa shape index (κ2) is 8.14. The highest BCUT2D eigenvalue weighted by Crippen LogP contribution is 2.12. The molecular weight excluding hydrogens is 350 g/mol. The van der Waals surface area contributed by atoms with Crippen LogP contribution in [0.4, 0.5) is 0 Å². The summed E-state index contributed by atoms with van der Waals surface area (Å²) >= 11 is 1.28. The molecule has 0 spiro atoms. The average molecular weight is 371 g/mol. The Morgan fingerprint density at radius 2 is 2.00 bits per heavy atom. The van der Waals surface area contributed by atoms with Crippen molar-refractivity contribution in [3.8, 4) is 0 Å². The van der Waals surface area contributed by atoms with E-state index in [1.54, 1.807) is 11.4 Å². The van der Waals surface area contributed by atoms with Gasteiger partial charge in [-0.15, -0.1) is 11.3 Å². The van der Waals surface area contributed by atoms with Crippen molar-refractivity contribution in [3.63, 3.8) is 0 Å². The monoisotopic (exact) mass is 371 g/mol. The maximum atomic E-state index is 12.3. The number of hydrogen-bond donors (Lipinski definition) is 2. The first-order chi connectivity index (χ1) is 12.5. The highest BCUT2D eigenvalue weighted by atomic mass is 32.1. The molecule has 0 bridgehead atoms. The van der Waals surface area contributed by atoms with E-state index in [2.05, 4.69) is 22.4 Å². The van der Waals surface area contributed by atoms with Gasteiger partial charge in [-0.1, -0.05) is 30.3 Å². The molecule has 0 saturated heterocycles. The summed E-state index contributed by atoms with van der Waals surface area (Å²) in [5, 5.41) is 4.68. The number of hydrogen-bond acceptors (Lipinski definition) is 4. The van der Waals surface area contributed by atoms with E-state index in [-0.39, 0.29) is 30.5 Å². The highest BCUT2D eigenvalue weighted by Gasteiger charge is 2.12. The van der Waals surface area contributed by atoms with Crippen LogP contribution in [0, 0.1) is 0 Å². The average Bonchev–Trinajstić information content (AvgIpc) is 3.09. The molecule has 0 saturated carbocycles. The Morgan fingerprint density at radius 1 is 1.23 bits per heavy atom. The van der Waals surface area contributed by atoms with E-state index in [0.717, 1.165) is 17.4 Å². The fourth-order valence-corrected chi connectivity index (χ4v) is 3.63. The summed E-state index contributed by atoms with van der Waals surface area (Å²) in [6.45, 7) is 2.02. The molecule has 1 amide bonds. The van der Waals surface area contributed by atoms with Crippen molar-refractivity contribution in [2.45, 2.75) is 38.8 Å². The van der Waals surface area contributed by atoms with Gasteiger partial charge >= 0.3 is 5.69 Å². The molecule has 2 heterocycles. The number of aromatic amines is 1. The molecule has 3 aromatic rings. The van der Waals surface area contributed by atoms with Gasteiger partial charge in [0.1, 0.15) is 4.70 Å². The number of aryl methyl sites for hydroxylation is 1. The van der Waals surface area contributed by atoms with Crippen molar-refractivity contribution in [1.82, 2.24) is 14.9 Å². The molecule has 0 aliphatic rings. The topological polar surface area (TPSA) is 84.0 Å². The van der Waals surface area contributed by atoms with E-state index in [4.69, 9.17) is 0 Å². The number of carbonyl (C=O) groups excluding carboxylic acids is 1. The summed E-state index contributed by atoms with van der Waals surface area (Å²) in [7, 11) is 0. The van der Waals surface area contributed by atoms with Crippen molar-refractivity contribution < 1.29 is 4.79 Å². The van der Waals surface area contributed by atoms with Gasteiger partial charge in [-0.3, -0.25) is 14.2 Å². The molecule has 6 nitrogen and oxygen atoms in total. The summed E-state index contributed by atoms with van der Waals surface area (Å²) in [6.07, 6.45) is 1.81. The van der Waals surface area contributed by atoms with E-state index in [1.807, 2.05) is 25.1 Å². The zero-order valence-electron chi connectivity index (χ0n) is 14.5. The van der Waals surface area contributed by atoms with Crippen LogP contribution < -0.4 is 16.6 Å². The first-order valence-corrected chi connectivity index (χ1v) is 9.46. The van der Waals surface area contributed by atoms with Crippen molar-refractivity contribution in [1.29, 1.82) is 0 Å². The molecule has 0 radical (unpaired) electrons. The lowest BCUT2D eigenvalue weighted by atomic mass is 10.1. The van der Waals surface area contributed by atoms with Gasteiger partial charge in [0, 0.05) is 19.0 Å². The Morgan fingerprint density at radius 3 is 2.77 bits per heavy atom. The maximum absolute atomic E-state index is 12.3. The standard InChI is InChI=1S/C19H21N3O3S/c1-13(7-8-14-5-3-2-4-6-14)20-16(23)9-11-22-18(24)17-15(10-12-26-17)21-19(22)25/h2-6,10,12-13H,7-9,11H2,1H3,(H,20,23)(H,21,25). The normalized spacial score (nSPS) is 12.2. The number of rotatable bonds is 7. The summed E-state index contributed by atoms with van der Waals surface area (Å²) in [5.74, 6) is -0.164. The molecule has 1 aromatic carbocycles. The zero-order chi connectivity index (χ0) is 18.5. The first kappa shape index (κ1) is 18.1. The summed E-state index contributed by atoms with van der Waals surface area (Å²) < 4.78 is 1.59. The Balaban J connectivity index is 1.54. The Kier molecular flexibility index (Phi) is 5.68. The quantitative estimate of drug-likeness (QED) is 0.668. The summed E-state index contributed by atoms with van der Waals surface area (Å²) in [5.41, 5.74) is 0.950. The number of nitrogens with one attached hydrogen (secondary N) is 2. The smallest absolute Gasteiger partial charge is 0.328 e. The molecule has 0 fully saturated rings. The number of carbonyl (C=O) groups is 1. The largest absolute Gasteiger partial charge is 0.354 e. The Bertz CT molecular complexity index is 1000. The minimum Gasteiger partial charge on any atom is -0.354 e. The molecule has 26 heavy (non-hydrogen) atoms. The molecule has 7 heteroatoms. The minimum atomic E-state index is -0.481. The maximum Gasteiger partial charge on any atom is 0.328 e. The van der Waals surface area contributed by atoms with Crippen molar-refractivity contribution in [2.24, 2.45) is 0 Å². The van der Waals surface area contributed by atoms with Crippen LogP contribution in [0.5, 0.6) is 0 Å². The summed E-state index contributed by atoms with van der Waals surface area (Å²) in [6, 6.07) is 11.8. The third-order valence-electron chi connectivity index (χ3n) is 4.27. The molecule has 0 aliphatic heterocycles. The minimum absolute atomic E-state index is 0.0255. The third kappa shape index (κ3) is 4.29.